The van der Waals surface area contributed by atoms with Crippen LogP contribution in [0.15, 0.2) is 48.5 Å². The van der Waals surface area contributed by atoms with Crippen molar-refractivity contribution in [2.24, 2.45) is 0 Å². The van der Waals surface area contributed by atoms with E-state index in [1.807, 2.05) is 45.0 Å². The van der Waals surface area contributed by atoms with Crippen molar-refractivity contribution >= 4 is 39.1 Å². The lowest BCUT2D eigenvalue weighted by molar-refractivity contribution is -0.139. The third-order valence-corrected chi connectivity index (χ3v) is 6.79. The topological polar surface area (TPSA) is 86.8 Å². The van der Waals surface area contributed by atoms with Crippen LogP contribution >= 0.6 is 11.6 Å². The number of amides is 2. The van der Waals surface area contributed by atoms with Gasteiger partial charge in [0.25, 0.3) is 0 Å². The minimum absolute atomic E-state index is 0.0461. The predicted octanol–water partition coefficient (Wildman–Crippen LogP) is 3.75. The van der Waals surface area contributed by atoms with Gasteiger partial charge in [0, 0.05) is 17.6 Å². The van der Waals surface area contributed by atoms with Gasteiger partial charge in [0.05, 0.1) is 11.9 Å². The second-order valence-electron chi connectivity index (χ2n) is 8.25. The first-order chi connectivity index (χ1) is 15.4. The number of hydrogen-bond donors (Lipinski definition) is 1. The monoisotopic (exact) mass is 493 g/mol. The van der Waals surface area contributed by atoms with E-state index in [2.05, 4.69) is 5.32 Å². The third-order valence-electron chi connectivity index (χ3n) is 5.42. The summed E-state index contributed by atoms with van der Waals surface area (Å²) in [4.78, 5) is 27.7. The summed E-state index contributed by atoms with van der Waals surface area (Å²) in [6.07, 6.45) is 1.78. The number of anilines is 1. The molecule has 0 radical (unpaired) electrons. The average Bonchev–Trinajstić information content (AvgIpc) is 2.75. The van der Waals surface area contributed by atoms with Gasteiger partial charge in [0.1, 0.15) is 12.6 Å². The van der Waals surface area contributed by atoms with Gasteiger partial charge in [-0.15, -0.1) is 0 Å². The summed E-state index contributed by atoms with van der Waals surface area (Å²) in [7, 11) is -3.78. The van der Waals surface area contributed by atoms with Crippen molar-refractivity contribution in [3.8, 4) is 0 Å². The summed E-state index contributed by atoms with van der Waals surface area (Å²) in [5.74, 6) is -0.786. The summed E-state index contributed by atoms with van der Waals surface area (Å²) < 4.78 is 26.0. The molecule has 9 heteroatoms. The normalized spacial score (nSPS) is 13.2. The maximum atomic E-state index is 13.4. The van der Waals surface area contributed by atoms with Gasteiger partial charge in [0.15, 0.2) is 0 Å². The first-order valence-electron chi connectivity index (χ1n) is 10.8. The number of benzene rings is 2. The van der Waals surface area contributed by atoms with Gasteiger partial charge in [-0.05, 0) is 51.0 Å². The molecule has 0 aromatic heterocycles. The fourth-order valence-electron chi connectivity index (χ4n) is 3.18. The number of halogens is 1. The van der Waals surface area contributed by atoms with Gasteiger partial charge in [-0.2, -0.15) is 0 Å². The zero-order valence-electron chi connectivity index (χ0n) is 19.7. The molecule has 0 unspecified atom stereocenters. The van der Waals surface area contributed by atoms with Crippen LogP contribution < -0.4 is 9.62 Å². The molecule has 2 aromatic carbocycles. The van der Waals surface area contributed by atoms with E-state index in [4.69, 9.17) is 11.6 Å². The number of carbonyl (C=O) groups is 2. The number of aryl methyl sites for hydroxylation is 1. The first-order valence-corrected chi connectivity index (χ1v) is 13.0. The Balaban J connectivity index is 2.37. The van der Waals surface area contributed by atoms with Crippen LogP contribution in [-0.4, -0.2) is 50.0 Å². The number of hydrogen-bond acceptors (Lipinski definition) is 4. The Bertz CT molecular complexity index is 1070. The Kier molecular flexibility index (Phi) is 9.31. The second-order valence-corrected chi connectivity index (χ2v) is 10.6. The first kappa shape index (κ1) is 26.7. The molecule has 0 aliphatic heterocycles. The highest BCUT2D eigenvalue weighted by Gasteiger charge is 2.30. The van der Waals surface area contributed by atoms with E-state index in [0.29, 0.717) is 5.02 Å². The molecule has 2 atom stereocenters. The number of sulfonamides is 1. The molecule has 33 heavy (non-hydrogen) atoms. The minimum atomic E-state index is -3.78. The molecule has 1 N–H and O–H groups in total. The Labute approximate surface area is 201 Å². The van der Waals surface area contributed by atoms with Gasteiger partial charge >= 0.3 is 0 Å². The second kappa shape index (κ2) is 11.5. The van der Waals surface area contributed by atoms with Crippen LogP contribution in [0.3, 0.4) is 0 Å². The molecule has 0 spiro atoms. The summed E-state index contributed by atoms with van der Waals surface area (Å²) in [6.45, 7) is 7.17. The Morgan fingerprint density at radius 2 is 1.73 bits per heavy atom. The predicted molar refractivity (Wildman–Crippen MR) is 133 cm³/mol. The van der Waals surface area contributed by atoms with Crippen molar-refractivity contribution in [3.63, 3.8) is 0 Å². The van der Waals surface area contributed by atoms with Crippen molar-refractivity contribution < 1.29 is 18.0 Å². The molecule has 0 fully saturated rings. The summed E-state index contributed by atoms with van der Waals surface area (Å²) in [6, 6.07) is 13.1. The molecular weight excluding hydrogens is 462 g/mol. The molecule has 0 bridgehead atoms. The van der Waals surface area contributed by atoms with Gasteiger partial charge in [-0.3, -0.25) is 13.9 Å². The van der Waals surface area contributed by atoms with Crippen molar-refractivity contribution in [1.82, 2.24) is 10.2 Å². The van der Waals surface area contributed by atoms with Crippen molar-refractivity contribution in [3.05, 3.63) is 64.7 Å². The minimum Gasteiger partial charge on any atom is -0.352 e. The highest BCUT2D eigenvalue weighted by Crippen LogP contribution is 2.22. The van der Waals surface area contributed by atoms with E-state index < -0.39 is 28.5 Å². The smallest absolute Gasteiger partial charge is 0.244 e. The van der Waals surface area contributed by atoms with Crippen LogP contribution in [-0.2, 0) is 26.2 Å². The highest BCUT2D eigenvalue weighted by molar-refractivity contribution is 7.92. The standard InChI is InChI=1S/C24H32ClN3O4S/c1-6-18(3)26-24(30)19(4)27(15-20-12-10-17(2)11-13-20)23(29)16-28(33(5,31)32)22-9-7-8-21(25)14-22/h7-14,18-19H,6,15-16H2,1-5H3,(H,26,30)/t18-,19-/m1/s1. The average molecular weight is 494 g/mol. The van der Waals surface area contributed by atoms with Crippen LogP contribution in [0.4, 0.5) is 5.69 Å². The van der Waals surface area contributed by atoms with Gasteiger partial charge in [0.2, 0.25) is 21.8 Å². The Morgan fingerprint density at radius 1 is 1.09 bits per heavy atom. The molecule has 2 rings (SSSR count). The largest absolute Gasteiger partial charge is 0.352 e. The van der Waals surface area contributed by atoms with Crippen LogP contribution in [0.25, 0.3) is 0 Å². The van der Waals surface area contributed by atoms with Crippen LogP contribution in [0.1, 0.15) is 38.3 Å². The molecule has 7 nitrogen and oxygen atoms in total. The van der Waals surface area contributed by atoms with Crippen molar-refractivity contribution in [2.75, 3.05) is 17.1 Å². The lowest BCUT2D eigenvalue weighted by Crippen LogP contribution is -2.52. The zero-order chi connectivity index (χ0) is 24.8. The van der Waals surface area contributed by atoms with Crippen LogP contribution in [0, 0.1) is 6.92 Å². The molecule has 0 aliphatic carbocycles. The maximum absolute atomic E-state index is 13.4. The summed E-state index contributed by atoms with van der Waals surface area (Å²) in [5, 5.41) is 3.25. The van der Waals surface area contributed by atoms with Gasteiger partial charge in [-0.1, -0.05) is 54.4 Å². The lowest BCUT2D eigenvalue weighted by Gasteiger charge is -2.32. The highest BCUT2D eigenvalue weighted by atomic mass is 35.5. The molecule has 0 heterocycles. The quantitative estimate of drug-likeness (QED) is 0.546. The number of nitrogens with one attached hydrogen (secondary N) is 1. The molecule has 2 aromatic rings. The lowest BCUT2D eigenvalue weighted by atomic mass is 10.1. The van der Waals surface area contributed by atoms with E-state index in [1.165, 1.54) is 11.0 Å². The van der Waals surface area contributed by atoms with Crippen LogP contribution in [0.2, 0.25) is 5.02 Å². The van der Waals surface area contributed by atoms with E-state index in [0.717, 1.165) is 28.1 Å². The Morgan fingerprint density at radius 3 is 2.27 bits per heavy atom. The molecular formula is C24H32ClN3O4S. The zero-order valence-corrected chi connectivity index (χ0v) is 21.3. The number of nitrogens with zero attached hydrogens (tertiary/aromatic N) is 2. The van der Waals surface area contributed by atoms with Crippen molar-refractivity contribution in [1.29, 1.82) is 0 Å². The number of carbonyl (C=O) groups excluding carboxylic acids is 2. The molecule has 180 valence electrons. The Hall–Kier alpha value is -2.58. The number of rotatable bonds is 10. The maximum Gasteiger partial charge on any atom is 0.244 e. The molecule has 0 aliphatic rings. The fraction of sp³-hybridized carbons (Fsp3) is 0.417. The SMILES string of the molecule is CC[C@@H](C)NC(=O)[C@@H](C)N(Cc1ccc(C)cc1)C(=O)CN(c1cccc(Cl)c1)S(C)(=O)=O. The van der Waals surface area contributed by atoms with Gasteiger partial charge in [-0.25, -0.2) is 8.42 Å². The van der Waals surface area contributed by atoms with E-state index in [-0.39, 0.29) is 24.2 Å². The third kappa shape index (κ3) is 7.75. The molecule has 0 saturated heterocycles. The summed E-state index contributed by atoms with van der Waals surface area (Å²) in [5.41, 5.74) is 2.19. The molecule has 0 saturated carbocycles. The molecule has 2 amide bonds. The van der Waals surface area contributed by atoms with E-state index in [9.17, 15) is 18.0 Å². The summed E-state index contributed by atoms with van der Waals surface area (Å²) >= 11 is 6.04. The van der Waals surface area contributed by atoms with Gasteiger partial charge < -0.3 is 10.2 Å². The van der Waals surface area contributed by atoms with Crippen LogP contribution in [0.5, 0.6) is 0 Å². The van der Waals surface area contributed by atoms with Crippen molar-refractivity contribution in [2.45, 2.75) is 52.7 Å². The van der Waals surface area contributed by atoms with E-state index >= 15 is 0 Å². The fourth-order valence-corrected chi connectivity index (χ4v) is 4.21. The van der Waals surface area contributed by atoms with E-state index in [1.54, 1.807) is 25.1 Å².